The van der Waals surface area contributed by atoms with E-state index in [1.807, 2.05) is 4.90 Å². The molecule has 17 heavy (non-hydrogen) atoms. The molecule has 0 radical (unpaired) electrons. The van der Waals surface area contributed by atoms with Crippen LogP contribution < -0.4 is 5.73 Å². The van der Waals surface area contributed by atoms with Crippen molar-refractivity contribution in [2.24, 2.45) is 5.92 Å². The van der Waals surface area contributed by atoms with Crippen molar-refractivity contribution in [1.82, 2.24) is 4.90 Å². The lowest BCUT2D eigenvalue weighted by Gasteiger charge is -2.27. The van der Waals surface area contributed by atoms with Gasteiger partial charge in [-0.15, -0.1) is 0 Å². The minimum atomic E-state index is -0.447. The number of rotatable bonds is 1. The second-order valence-corrected chi connectivity index (χ2v) is 5.06. The number of hydrogen-bond acceptors (Lipinski definition) is 2. The molecule has 1 saturated heterocycles. The van der Waals surface area contributed by atoms with Crippen molar-refractivity contribution in [3.63, 3.8) is 0 Å². The maximum Gasteiger partial charge on any atom is 0.254 e. The first-order chi connectivity index (χ1) is 8.13. The summed E-state index contributed by atoms with van der Waals surface area (Å²) < 4.78 is 13.2. The highest BCUT2D eigenvalue weighted by atomic mass is 19.1. The molecule has 3 rings (SSSR count). The Morgan fingerprint density at radius 2 is 2.18 bits per heavy atom. The molecule has 2 N–H and O–H groups in total. The van der Waals surface area contributed by atoms with Crippen LogP contribution in [0.3, 0.4) is 0 Å². The van der Waals surface area contributed by atoms with Crippen molar-refractivity contribution in [2.45, 2.75) is 25.3 Å². The average molecular weight is 234 g/mol. The van der Waals surface area contributed by atoms with Crippen molar-refractivity contribution in [1.29, 1.82) is 0 Å². The van der Waals surface area contributed by atoms with Gasteiger partial charge < -0.3 is 10.6 Å². The molecule has 2 aliphatic rings. The Hall–Kier alpha value is -1.58. The summed E-state index contributed by atoms with van der Waals surface area (Å²) in [5.41, 5.74) is 6.23. The molecule has 3 nitrogen and oxygen atoms in total. The second-order valence-electron chi connectivity index (χ2n) is 5.06. The number of nitrogens with zero attached hydrogens (tertiary/aromatic N) is 1. The Morgan fingerprint density at radius 3 is 2.76 bits per heavy atom. The molecule has 1 aromatic rings. The van der Waals surface area contributed by atoms with Gasteiger partial charge in [0, 0.05) is 23.8 Å². The predicted molar refractivity (Wildman–Crippen MR) is 63.0 cm³/mol. The molecule has 2 bridgehead atoms. The highest BCUT2D eigenvalue weighted by molar-refractivity contribution is 5.95. The van der Waals surface area contributed by atoms with E-state index in [0.29, 0.717) is 23.2 Å². The van der Waals surface area contributed by atoms with Gasteiger partial charge in [-0.05, 0) is 43.4 Å². The quantitative estimate of drug-likeness (QED) is 0.756. The monoisotopic (exact) mass is 234 g/mol. The SMILES string of the molecule is Nc1cc(F)cc(C(=O)N2CC3CCC2C3)c1. The Kier molecular flexibility index (Phi) is 2.31. The zero-order chi connectivity index (χ0) is 12.0. The first-order valence-corrected chi connectivity index (χ1v) is 6.00. The number of amides is 1. The number of halogens is 1. The Bertz CT molecular complexity index is 454. The van der Waals surface area contributed by atoms with Crippen LogP contribution in [0.4, 0.5) is 10.1 Å². The lowest BCUT2D eigenvalue weighted by atomic mass is 10.1. The normalized spacial score (nSPS) is 26.5. The number of carbonyl (C=O) groups is 1. The lowest BCUT2D eigenvalue weighted by molar-refractivity contribution is 0.0703. The minimum Gasteiger partial charge on any atom is -0.399 e. The summed E-state index contributed by atoms with van der Waals surface area (Å²) in [6.07, 6.45) is 3.41. The maximum absolute atomic E-state index is 13.2. The Balaban J connectivity index is 1.86. The third kappa shape index (κ3) is 1.77. The molecular weight excluding hydrogens is 219 g/mol. The van der Waals surface area contributed by atoms with Crippen LogP contribution in [0.5, 0.6) is 0 Å². The molecule has 1 amide bonds. The van der Waals surface area contributed by atoms with Crippen LogP contribution >= 0.6 is 0 Å². The van der Waals surface area contributed by atoms with E-state index in [9.17, 15) is 9.18 Å². The van der Waals surface area contributed by atoms with Crippen molar-refractivity contribution in [2.75, 3.05) is 12.3 Å². The number of hydrogen-bond donors (Lipinski definition) is 1. The first kappa shape index (κ1) is 10.6. The van der Waals surface area contributed by atoms with Gasteiger partial charge in [0.15, 0.2) is 0 Å². The van der Waals surface area contributed by atoms with Crippen LogP contribution in [-0.4, -0.2) is 23.4 Å². The number of nitrogen functional groups attached to an aromatic ring is 1. The van der Waals surface area contributed by atoms with Gasteiger partial charge >= 0.3 is 0 Å². The third-order valence-electron chi connectivity index (χ3n) is 3.84. The summed E-state index contributed by atoms with van der Waals surface area (Å²) in [5, 5.41) is 0. The molecular formula is C13H15FN2O. The zero-order valence-corrected chi connectivity index (χ0v) is 9.53. The highest BCUT2D eigenvalue weighted by Crippen LogP contribution is 2.38. The Labute approximate surface area is 99.4 Å². The van der Waals surface area contributed by atoms with Crippen LogP contribution in [0.25, 0.3) is 0 Å². The smallest absolute Gasteiger partial charge is 0.254 e. The molecule has 2 atom stereocenters. The summed E-state index contributed by atoms with van der Waals surface area (Å²) in [6, 6.07) is 4.41. The molecule has 0 spiro atoms. The number of fused-ring (bicyclic) bond motifs is 2. The molecule has 1 aromatic carbocycles. The van der Waals surface area contributed by atoms with Gasteiger partial charge in [0.1, 0.15) is 5.82 Å². The lowest BCUT2D eigenvalue weighted by Crippen LogP contribution is -2.37. The van der Waals surface area contributed by atoms with Gasteiger partial charge in [-0.3, -0.25) is 4.79 Å². The van der Waals surface area contributed by atoms with E-state index in [0.717, 1.165) is 19.4 Å². The molecule has 1 aliphatic heterocycles. The summed E-state index contributed by atoms with van der Waals surface area (Å²) in [6.45, 7) is 0.819. The fourth-order valence-electron chi connectivity index (χ4n) is 3.08. The molecule has 0 aromatic heterocycles. The summed E-state index contributed by atoms with van der Waals surface area (Å²) in [4.78, 5) is 14.1. The van der Waals surface area contributed by atoms with Crippen molar-refractivity contribution in [3.05, 3.63) is 29.6 Å². The molecule has 4 heteroatoms. The number of carbonyl (C=O) groups excluding carboxylic acids is 1. The second kappa shape index (κ2) is 3.72. The number of benzene rings is 1. The van der Waals surface area contributed by atoms with Crippen LogP contribution in [0.15, 0.2) is 18.2 Å². The number of anilines is 1. The standard InChI is InChI=1S/C13H15FN2O/c14-10-4-9(5-11(15)6-10)13(17)16-7-8-1-2-12(16)3-8/h4-6,8,12H,1-3,7,15H2. The topological polar surface area (TPSA) is 46.3 Å². The fourth-order valence-corrected chi connectivity index (χ4v) is 3.08. The average Bonchev–Trinajstić information content (AvgIpc) is 2.88. The van der Waals surface area contributed by atoms with Crippen LogP contribution in [0.2, 0.25) is 0 Å². The molecule has 2 unspecified atom stereocenters. The van der Waals surface area contributed by atoms with E-state index in [2.05, 4.69) is 0 Å². The zero-order valence-electron chi connectivity index (χ0n) is 9.53. The number of piperidine rings is 1. The van der Waals surface area contributed by atoms with Crippen LogP contribution in [0, 0.1) is 11.7 Å². The third-order valence-corrected chi connectivity index (χ3v) is 3.84. The highest BCUT2D eigenvalue weighted by Gasteiger charge is 2.40. The van der Waals surface area contributed by atoms with Gasteiger partial charge in [0.25, 0.3) is 5.91 Å². The molecule has 1 aliphatic carbocycles. The van der Waals surface area contributed by atoms with Gasteiger partial charge in [0.05, 0.1) is 0 Å². The van der Waals surface area contributed by atoms with Gasteiger partial charge in [-0.1, -0.05) is 0 Å². The summed E-state index contributed by atoms with van der Waals surface area (Å²) in [7, 11) is 0. The van der Waals surface area contributed by atoms with E-state index >= 15 is 0 Å². The number of nitrogens with two attached hydrogens (primary N) is 1. The molecule has 1 saturated carbocycles. The predicted octanol–water partition coefficient (Wildman–Crippen LogP) is 2.03. The van der Waals surface area contributed by atoms with Crippen LogP contribution in [-0.2, 0) is 0 Å². The summed E-state index contributed by atoms with van der Waals surface area (Å²) >= 11 is 0. The van der Waals surface area contributed by atoms with Gasteiger partial charge in [-0.2, -0.15) is 0 Å². The van der Waals surface area contributed by atoms with E-state index in [1.165, 1.54) is 18.6 Å². The maximum atomic E-state index is 13.2. The van der Waals surface area contributed by atoms with Crippen LogP contribution in [0.1, 0.15) is 29.6 Å². The summed E-state index contributed by atoms with van der Waals surface area (Å²) in [5.74, 6) is 0.121. The van der Waals surface area contributed by atoms with Crippen molar-refractivity contribution in [3.8, 4) is 0 Å². The molecule has 2 fully saturated rings. The van der Waals surface area contributed by atoms with E-state index in [-0.39, 0.29) is 5.91 Å². The first-order valence-electron chi connectivity index (χ1n) is 6.00. The van der Waals surface area contributed by atoms with Gasteiger partial charge in [-0.25, -0.2) is 4.39 Å². The van der Waals surface area contributed by atoms with Gasteiger partial charge in [0.2, 0.25) is 0 Å². The van der Waals surface area contributed by atoms with Crippen molar-refractivity contribution < 1.29 is 9.18 Å². The van der Waals surface area contributed by atoms with E-state index in [1.54, 1.807) is 6.07 Å². The Morgan fingerprint density at radius 1 is 1.35 bits per heavy atom. The van der Waals surface area contributed by atoms with Crippen molar-refractivity contribution >= 4 is 11.6 Å². The van der Waals surface area contributed by atoms with E-state index in [4.69, 9.17) is 5.73 Å². The fraction of sp³-hybridized carbons (Fsp3) is 0.462. The number of likely N-dealkylation sites (tertiary alicyclic amines) is 1. The minimum absolute atomic E-state index is 0.0802. The molecule has 90 valence electrons. The largest absolute Gasteiger partial charge is 0.399 e. The van der Waals surface area contributed by atoms with E-state index < -0.39 is 5.82 Å². The molecule has 1 heterocycles.